The Labute approximate surface area is 166 Å². The van der Waals surface area contributed by atoms with E-state index in [0.717, 1.165) is 48.8 Å². The van der Waals surface area contributed by atoms with Gasteiger partial charge in [-0.3, -0.25) is 9.88 Å². The van der Waals surface area contributed by atoms with Crippen molar-refractivity contribution in [2.75, 3.05) is 26.3 Å². The predicted molar refractivity (Wildman–Crippen MR) is 107 cm³/mol. The first kappa shape index (κ1) is 19.2. The van der Waals surface area contributed by atoms with Gasteiger partial charge in [0, 0.05) is 24.0 Å². The van der Waals surface area contributed by atoms with Crippen LogP contribution < -0.4 is 9.47 Å². The predicted octanol–water partition coefficient (Wildman–Crippen LogP) is 3.61. The van der Waals surface area contributed by atoms with Crippen LogP contribution in [0.25, 0.3) is 0 Å². The maximum absolute atomic E-state index is 6.25. The van der Waals surface area contributed by atoms with Crippen LogP contribution in [0.4, 0.5) is 0 Å². The minimum absolute atomic E-state index is 0.215. The Bertz CT molecular complexity index is 806. The summed E-state index contributed by atoms with van der Waals surface area (Å²) in [6, 6.07) is 8.45. The molecule has 28 heavy (non-hydrogen) atoms. The number of rotatable bonds is 5. The molecular formula is C22H29N3O3. The van der Waals surface area contributed by atoms with Crippen LogP contribution in [0.1, 0.15) is 48.5 Å². The highest BCUT2D eigenvalue weighted by Crippen LogP contribution is 2.31. The molecule has 0 saturated carbocycles. The van der Waals surface area contributed by atoms with Crippen LogP contribution in [0.5, 0.6) is 11.6 Å². The molecule has 150 valence electrons. The van der Waals surface area contributed by atoms with Crippen LogP contribution in [0, 0.1) is 13.8 Å². The summed E-state index contributed by atoms with van der Waals surface area (Å²) < 4.78 is 17.5. The standard InChI is InChI=1S/C22H29N3O3/c1-15-11-18(12-16(2)23-15)14-28-19-5-4-8-25(13-19)17(3)20-6-7-21-22(24-20)27-10-9-26-21/h6-7,11-12,17,19H,4-5,8-10,13-14H2,1-3H3/t17-,19-/m1/s1. The van der Waals surface area contributed by atoms with Gasteiger partial charge >= 0.3 is 0 Å². The van der Waals surface area contributed by atoms with Crippen LogP contribution in [0.15, 0.2) is 24.3 Å². The molecule has 0 unspecified atom stereocenters. The molecular weight excluding hydrogens is 354 g/mol. The van der Waals surface area contributed by atoms with Gasteiger partial charge in [-0.2, -0.15) is 0 Å². The normalized spacial score (nSPS) is 20.8. The van der Waals surface area contributed by atoms with Crippen molar-refractivity contribution in [3.63, 3.8) is 0 Å². The molecule has 2 aromatic heterocycles. The van der Waals surface area contributed by atoms with Crippen LogP contribution >= 0.6 is 0 Å². The summed E-state index contributed by atoms with van der Waals surface area (Å²) in [6.45, 7) is 10.0. The van der Waals surface area contributed by atoms with E-state index < -0.39 is 0 Å². The molecule has 0 bridgehead atoms. The van der Waals surface area contributed by atoms with Crippen molar-refractivity contribution in [1.29, 1.82) is 0 Å². The van der Waals surface area contributed by atoms with Crippen molar-refractivity contribution >= 4 is 0 Å². The third-order valence-electron chi connectivity index (χ3n) is 5.44. The van der Waals surface area contributed by atoms with E-state index in [1.165, 1.54) is 5.56 Å². The molecule has 6 nitrogen and oxygen atoms in total. The molecule has 6 heteroatoms. The van der Waals surface area contributed by atoms with Crippen molar-refractivity contribution < 1.29 is 14.2 Å². The molecule has 1 fully saturated rings. The van der Waals surface area contributed by atoms with Crippen LogP contribution in [-0.2, 0) is 11.3 Å². The number of hydrogen-bond acceptors (Lipinski definition) is 6. The van der Waals surface area contributed by atoms with E-state index in [0.29, 0.717) is 25.7 Å². The molecule has 0 amide bonds. The Morgan fingerprint density at radius 3 is 2.75 bits per heavy atom. The van der Waals surface area contributed by atoms with E-state index >= 15 is 0 Å². The molecule has 2 aliphatic heterocycles. The number of hydrogen-bond donors (Lipinski definition) is 0. The zero-order chi connectivity index (χ0) is 19.5. The number of likely N-dealkylation sites (tertiary alicyclic amines) is 1. The first-order valence-electron chi connectivity index (χ1n) is 10.1. The fraction of sp³-hybridized carbons (Fsp3) is 0.545. The molecule has 4 heterocycles. The number of piperidine rings is 1. The maximum Gasteiger partial charge on any atom is 0.257 e. The zero-order valence-electron chi connectivity index (χ0n) is 17.0. The van der Waals surface area contributed by atoms with Gasteiger partial charge in [-0.25, -0.2) is 4.98 Å². The number of pyridine rings is 2. The van der Waals surface area contributed by atoms with E-state index in [1.54, 1.807) is 0 Å². The van der Waals surface area contributed by atoms with Gasteiger partial charge in [-0.05, 0) is 70.0 Å². The van der Waals surface area contributed by atoms with Crippen molar-refractivity contribution in [3.05, 3.63) is 46.9 Å². The quantitative estimate of drug-likeness (QED) is 0.786. The fourth-order valence-electron chi connectivity index (χ4n) is 4.04. The smallest absolute Gasteiger partial charge is 0.257 e. The van der Waals surface area contributed by atoms with Gasteiger partial charge in [-0.15, -0.1) is 0 Å². The van der Waals surface area contributed by atoms with E-state index in [9.17, 15) is 0 Å². The summed E-state index contributed by atoms with van der Waals surface area (Å²) >= 11 is 0. The van der Waals surface area contributed by atoms with Gasteiger partial charge < -0.3 is 14.2 Å². The molecule has 2 aliphatic rings. The van der Waals surface area contributed by atoms with Crippen LogP contribution in [0.3, 0.4) is 0 Å². The zero-order valence-corrected chi connectivity index (χ0v) is 17.0. The van der Waals surface area contributed by atoms with Crippen molar-refractivity contribution in [2.45, 2.75) is 52.4 Å². The molecule has 0 N–H and O–H groups in total. The lowest BCUT2D eigenvalue weighted by Gasteiger charge is -2.36. The Hall–Kier alpha value is -2.18. The topological polar surface area (TPSA) is 56.7 Å². The SMILES string of the molecule is Cc1cc(CO[C@@H]2CCCN([C@H](C)c3ccc4c(n3)OCCO4)C2)cc(C)n1. The van der Waals surface area contributed by atoms with Gasteiger partial charge in [0.15, 0.2) is 5.75 Å². The maximum atomic E-state index is 6.25. The second kappa shape index (κ2) is 8.45. The highest BCUT2D eigenvalue weighted by Gasteiger charge is 2.26. The van der Waals surface area contributed by atoms with Gasteiger partial charge in [0.25, 0.3) is 5.88 Å². The minimum atomic E-state index is 0.215. The lowest BCUT2D eigenvalue weighted by Crippen LogP contribution is -2.41. The lowest BCUT2D eigenvalue weighted by molar-refractivity contribution is -0.0204. The van der Waals surface area contributed by atoms with Crippen molar-refractivity contribution in [3.8, 4) is 11.6 Å². The van der Waals surface area contributed by atoms with Gasteiger partial charge in [0.2, 0.25) is 0 Å². The second-order valence-electron chi connectivity index (χ2n) is 7.74. The molecule has 4 rings (SSSR count). The first-order chi connectivity index (χ1) is 13.6. The molecule has 1 saturated heterocycles. The Balaban J connectivity index is 1.37. The largest absolute Gasteiger partial charge is 0.484 e. The first-order valence-corrected chi connectivity index (χ1v) is 10.1. The monoisotopic (exact) mass is 383 g/mol. The molecule has 0 aromatic carbocycles. The number of aryl methyl sites for hydroxylation is 2. The molecule has 0 spiro atoms. The summed E-state index contributed by atoms with van der Waals surface area (Å²) in [4.78, 5) is 11.6. The fourth-order valence-corrected chi connectivity index (χ4v) is 4.04. The Morgan fingerprint density at radius 1 is 1.14 bits per heavy atom. The van der Waals surface area contributed by atoms with E-state index in [1.807, 2.05) is 26.0 Å². The second-order valence-corrected chi connectivity index (χ2v) is 7.74. The average molecular weight is 383 g/mol. The van der Waals surface area contributed by atoms with Crippen LogP contribution in [0.2, 0.25) is 0 Å². The lowest BCUT2D eigenvalue weighted by atomic mass is 10.0. The average Bonchev–Trinajstić information content (AvgIpc) is 2.71. The van der Waals surface area contributed by atoms with E-state index in [4.69, 9.17) is 14.2 Å². The number of aromatic nitrogens is 2. The summed E-state index contributed by atoms with van der Waals surface area (Å²) in [6.07, 6.45) is 2.47. The number of ether oxygens (including phenoxy) is 3. The van der Waals surface area contributed by atoms with Crippen LogP contribution in [-0.4, -0.2) is 47.3 Å². The summed E-state index contributed by atoms with van der Waals surface area (Å²) in [5.74, 6) is 1.36. The highest BCUT2D eigenvalue weighted by molar-refractivity contribution is 5.36. The molecule has 0 aliphatic carbocycles. The minimum Gasteiger partial charge on any atom is -0.484 e. The van der Waals surface area contributed by atoms with E-state index in [-0.39, 0.29) is 12.1 Å². The third kappa shape index (κ3) is 4.45. The third-order valence-corrected chi connectivity index (χ3v) is 5.44. The Morgan fingerprint density at radius 2 is 1.93 bits per heavy atom. The van der Waals surface area contributed by atoms with Crippen molar-refractivity contribution in [2.24, 2.45) is 0 Å². The van der Waals surface area contributed by atoms with Gasteiger partial charge in [0.1, 0.15) is 13.2 Å². The van der Waals surface area contributed by atoms with Gasteiger partial charge in [0.05, 0.1) is 18.4 Å². The molecule has 2 aromatic rings. The highest BCUT2D eigenvalue weighted by atomic mass is 16.6. The number of fused-ring (bicyclic) bond motifs is 1. The number of nitrogens with zero attached hydrogens (tertiary/aromatic N) is 3. The summed E-state index contributed by atoms with van der Waals surface area (Å²) in [7, 11) is 0. The van der Waals surface area contributed by atoms with E-state index in [2.05, 4.69) is 33.9 Å². The van der Waals surface area contributed by atoms with Crippen molar-refractivity contribution in [1.82, 2.24) is 14.9 Å². The van der Waals surface area contributed by atoms with Gasteiger partial charge in [-0.1, -0.05) is 0 Å². The molecule has 0 radical (unpaired) electrons. The molecule has 2 atom stereocenters. The summed E-state index contributed by atoms with van der Waals surface area (Å²) in [5, 5.41) is 0. The summed E-state index contributed by atoms with van der Waals surface area (Å²) in [5.41, 5.74) is 4.30. The Kier molecular flexibility index (Phi) is 5.78.